The highest BCUT2D eigenvalue weighted by Crippen LogP contribution is 2.43. The van der Waals surface area contributed by atoms with E-state index in [1.54, 1.807) is 6.07 Å². The molecular weight excluding hydrogens is 319 g/mol. The van der Waals surface area contributed by atoms with E-state index < -0.39 is 0 Å². The average Bonchev–Trinajstić information content (AvgIpc) is 3.35. The molecule has 22 heavy (non-hydrogen) atoms. The van der Waals surface area contributed by atoms with Crippen LogP contribution in [0.15, 0.2) is 42.5 Å². The highest BCUT2D eigenvalue weighted by Gasteiger charge is 2.42. The molecule has 1 atom stereocenters. The van der Waals surface area contributed by atoms with Crippen LogP contribution < -0.4 is 5.32 Å². The lowest BCUT2D eigenvalue weighted by atomic mass is 10.0. The lowest BCUT2D eigenvalue weighted by molar-refractivity contribution is 0.0666. The molecule has 0 saturated heterocycles. The van der Waals surface area contributed by atoms with Crippen LogP contribution >= 0.6 is 23.2 Å². The topological polar surface area (TPSA) is 32.3 Å². The maximum absolute atomic E-state index is 12.9. The van der Waals surface area contributed by atoms with Crippen LogP contribution in [0.1, 0.15) is 34.9 Å². The number of nitrogens with zero attached hydrogens (tertiary/aromatic N) is 1. The second-order valence-electron chi connectivity index (χ2n) is 5.68. The summed E-state index contributed by atoms with van der Waals surface area (Å²) in [5.41, 5.74) is 2.39. The molecule has 1 aliphatic heterocycles. The minimum absolute atomic E-state index is 0.0536. The molecule has 1 fully saturated rings. The van der Waals surface area contributed by atoms with Crippen molar-refractivity contribution in [2.24, 2.45) is 0 Å². The molecule has 112 valence electrons. The zero-order valence-electron chi connectivity index (χ0n) is 11.7. The van der Waals surface area contributed by atoms with Gasteiger partial charge in [0, 0.05) is 17.3 Å². The number of benzene rings is 2. The summed E-state index contributed by atoms with van der Waals surface area (Å²) in [5, 5.41) is 4.45. The summed E-state index contributed by atoms with van der Waals surface area (Å²) in [5.74, 6) is 0.0536. The van der Waals surface area contributed by atoms with Crippen molar-refractivity contribution in [2.75, 3.05) is 5.32 Å². The SMILES string of the molecule is O=C1c2ccccc2NC(c2cccc(Cl)c2Cl)N1C1CC1. The average molecular weight is 333 g/mol. The number of nitrogens with one attached hydrogen (secondary N) is 1. The van der Waals surface area contributed by atoms with E-state index in [1.807, 2.05) is 41.3 Å². The minimum Gasteiger partial charge on any atom is -0.361 e. The predicted octanol–water partition coefficient (Wildman–Crippen LogP) is 4.72. The van der Waals surface area contributed by atoms with E-state index in [1.165, 1.54) is 0 Å². The number of fused-ring (bicyclic) bond motifs is 1. The van der Waals surface area contributed by atoms with Crippen LogP contribution in [-0.2, 0) is 0 Å². The number of para-hydroxylation sites is 1. The normalized spacial score (nSPS) is 20.5. The maximum atomic E-state index is 12.9. The molecule has 1 saturated carbocycles. The molecule has 0 spiro atoms. The fraction of sp³-hybridized carbons (Fsp3) is 0.235. The van der Waals surface area contributed by atoms with Gasteiger partial charge in [0.2, 0.25) is 0 Å². The fourth-order valence-electron chi connectivity index (χ4n) is 2.96. The first-order valence-electron chi connectivity index (χ1n) is 7.29. The van der Waals surface area contributed by atoms with Gasteiger partial charge < -0.3 is 10.2 Å². The van der Waals surface area contributed by atoms with E-state index in [9.17, 15) is 4.79 Å². The van der Waals surface area contributed by atoms with E-state index in [0.717, 1.165) is 24.1 Å². The highest BCUT2D eigenvalue weighted by atomic mass is 35.5. The van der Waals surface area contributed by atoms with Crippen LogP contribution in [0.3, 0.4) is 0 Å². The van der Waals surface area contributed by atoms with Gasteiger partial charge >= 0.3 is 0 Å². The van der Waals surface area contributed by atoms with Gasteiger partial charge in [0.1, 0.15) is 6.17 Å². The largest absolute Gasteiger partial charge is 0.361 e. The molecule has 1 heterocycles. The Bertz CT molecular complexity index is 758. The Morgan fingerprint density at radius 2 is 1.82 bits per heavy atom. The predicted molar refractivity (Wildman–Crippen MR) is 88.5 cm³/mol. The molecule has 2 aliphatic rings. The first-order chi connectivity index (χ1) is 10.7. The van der Waals surface area contributed by atoms with Crippen molar-refractivity contribution in [2.45, 2.75) is 25.0 Å². The molecule has 3 nitrogen and oxygen atoms in total. The van der Waals surface area contributed by atoms with Crippen LogP contribution in [0.5, 0.6) is 0 Å². The molecule has 1 amide bonds. The van der Waals surface area contributed by atoms with Crippen molar-refractivity contribution in [1.29, 1.82) is 0 Å². The molecule has 0 aromatic heterocycles. The van der Waals surface area contributed by atoms with E-state index in [4.69, 9.17) is 23.2 Å². The Morgan fingerprint density at radius 1 is 1.05 bits per heavy atom. The lowest BCUT2D eigenvalue weighted by Gasteiger charge is -2.38. The Labute approximate surface area is 138 Å². The number of halogens is 2. The molecule has 2 aromatic rings. The third-order valence-electron chi connectivity index (χ3n) is 4.18. The summed E-state index contributed by atoms with van der Waals surface area (Å²) in [6.07, 6.45) is 1.79. The third kappa shape index (κ3) is 2.16. The van der Waals surface area contributed by atoms with Crippen LogP contribution in [0.25, 0.3) is 0 Å². The molecule has 5 heteroatoms. The summed E-state index contributed by atoms with van der Waals surface area (Å²) < 4.78 is 0. The number of anilines is 1. The number of amides is 1. The number of hydrogen-bond acceptors (Lipinski definition) is 2. The van der Waals surface area contributed by atoms with Gasteiger partial charge in [0.05, 0.1) is 15.6 Å². The molecule has 2 aromatic carbocycles. The maximum Gasteiger partial charge on any atom is 0.258 e. The van der Waals surface area contributed by atoms with Gasteiger partial charge in [0.25, 0.3) is 5.91 Å². The van der Waals surface area contributed by atoms with Crippen molar-refractivity contribution in [3.05, 3.63) is 63.6 Å². The summed E-state index contributed by atoms with van der Waals surface area (Å²) in [6, 6.07) is 13.4. The highest BCUT2D eigenvalue weighted by molar-refractivity contribution is 6.42. The van der Waals surface area contributed by atoms with Gasteiger partial charge in [-0.15, -0.1) is 0 Å². The van der Waals surface area contributed by atoms with Crippen molar-refractivity contribution < 1.29 is 4.79 Å². The van der Waals surface area contributed by atoms with Crippen molar-refractivity contribution in [3.8, 4) is 0 Å². The Morgan fingerprint density at radius 3 is 2.59 bits per heavy atom. The van der Waals surface area contributed by atoms with E-state index >= 15 is 0 Å². The Kier molecular flexibility index (Phi) is 3.28. The minimum atomic E-state index is -0.277. The molecule has 0 radical (unpaired) electrons. The lowest BCUT2D eigenvalue weighted by Crippen LogP contribution is -2.44. The van der Waals surface area contributed by atoms with E-state index in [2.05, 4.69) is 5.32 Å². The summed E-state index contributed by atoms with van der Waals surface area (Å²) >= 11 is 12.5. The molecule has 0 bridgehead atoms. The van der Waals surface area contributed by atoms with Crippen molar-refractivity contribution >= 4 is 34.8 Å². The van der Waals surface area contributed by atoms with E-state index in [0.29, 0.717) is 15.6 Å². The van der Waals surface area contributed by atoms with Crippen LogP contribution in [0, 0.1) is 0 Å². The summed E-state index contributed by atoms with van der Waals surface area (Å²) in [6.45, 7) is 0. The molecular formula is C17H14Cl2N2O. The number of rotatable bonds is 2. The van der Waals surface area contributed by atoms with E-state index in [-0.39, 0.29) is 18.1 Å². The quantitative estimate of drug-likeness (QED) is 0.862. The molecule has 4 rings (SSSR count). The van der Waals surface area contributed by atoms with Crippen LogP contribution in [-0.4, -0.2) is 16.8 Å². The molecule has 1 unspecified atom stereocenters. The Hall–Kier alpha value is -1.71. The van der Waals surface area contributed by atoms with Crippen LogP contribution in [0.4, 0.5) is 5.69 Å². The van der Waals surface area contributed by atoms with Gasteiger partial charge in [0.15, 0.2) is 0 Å². The van der Waals surface area contributed by atoms with Gasteiger partial charge in [-0.05, 0) is 31.0 Å². The van der Waals surface area contributed by atoms with Crippen molar-refractivity contribution in [1.82, 2.24) is 4.90 Å². The molecule has 1 N–H and O–H groups in total. The van der Waals surface area contributed by atoms with Gasteiger partial charge in [-0.25, -0.2) is 0 Å². The first kappa shape index (κ1) is 13.9. The van der Waals surface area contributed by atoms with Gasteiger partial charge in [-0.3, -0.25) is 4.79 Å². The Balaban J connectivity index is 1.84. The monoisotopic (exact) mass is 332 g/mol. The molecule has 1 aliphatic carbocycles. The number of carbonyl (C=O) groups excluding carboxylic acids is 1. The second kappa shape index (κ2) is 5.18. The van der Waals surface area contributed by atoms with Crippen molar-refractivity contribution in [3.63, 3.8) is 0 Å². The van der Waals surface area contributed by atoms with Crippen LogP contribution in [0.2, 0.25) is 10.0 Å². The number of hydrogen-bond donors (Lipinski definition) is 1. The smallest absolute Gasteiger partial charge is 0.258 e. The zero-order valence-corrected chi connectivity index (χ0v) is 13.2. The second-order valence-corrected chi connectivity index (χ2v) is 6.46. The first-order valence-corrected chi connectivity index (χ1v) is 8.04. The third-order valence-corrected chi connectivity index (χ3v) is 5.01. The van der Waals surface area contributed by atoms with Gasteiger partial charge in [-0.2, -0.15) is 0 Å². The van der Waals surface area contributed by atoms with Gasteiger partial charge in [-0.1, -0.05) is 47.5 Å². The fourth-order valence-corrected chi connectivity index (χ4v) is 3.37. The number of carbonyl (C=O) groups is 1. The zero-order chi connectivity index (χ0) is 15.3. The standard InChI is InChI=1S/C17H14Cl2N2O/c18-13-6-3-5-12(15(13)19)16-20-14-7-2-1-4-11(14)17(22)21(16)10-8-9-10/h1-7,10,16,20H,8-9H2. The summed E-state index contributed by atoms with van der Waals surface area (Å²) in [7, 11) is 0. The summed E-state index contributed by atoms with van der Waals surface area (Å²) in [4.78, 5) is 14.8.